The van der Waals surface area contributed by atoms with Crippen LogP contribution in [0.1, 0.15) is 30.9 Å². The Morgan fingerprint density at radius 1 is 1.09 bits per heavy atom. The predicted molar refractivity (Wildman–Crippen MR) is 88.0 cm³/mol. The van der Waals surface area contributed by atoms with Gasteiger partial charge in [0.05, 0.1) is 26.4 Å². The third kappa shape index (κ3) is 5.95. The molecule has 2 rings (SSSR count). The fraction of sp³-hybridized carbons (Fsp3) is 0.667. The molecule has 124 valence electrons. The Morgan fingerprint density at radius 3 is 2.59 bits per heavy atom. The third-order valence-corrected chi connectivity index (χ3v) is 4.04. The molecule has 0 radical (unpaired) electrons. The number of aryl methyl sites for hydroxylation is 1. The number of ether oxygens (including phenoxy) is 3. The van der Waals surface area contributed by atoms with Gasteiger partial charge in [-0.2, -0.15) is 0 Å². The third-order valence-electron chi connectivity index (χ3n) is 4.04. The van der Waals surface area contributed by atoms with Gasteiger partial charge in [0.25, 0.3) is 0 Å². The van der Waals surface area contributed by atoms with Gasteiger partial charge >= 0.3 is 0 Å². The van der Waals surface area contributed by atoms with Crippen LogP contribution in [-0.2, 0) is 9.47 Å². The number of morpholine rings is 1. The van der Waals surface area contributed by atoms with Gasteiger partial charge in [0, 0.05) is 0 Å². The van der Waals surface area contributed by atoms with Crippen molar-refractivity contribution in [2.24, 2.45) is 0 Å². The van der Waals surface area contributed by atoms with E-state index in [-0.39, 0.29) is 0 Å². The van der Waals surface area contributed by atoms with Gasteiger partial charge in [-0.3, -0.25) is 0 Å². The van der Waals surface area contributed by atoms with Crippen LogP contribution < -0.4 is 9.64 Å². The van der Waals surface area contributed by atoms with Crippen LogP contribution in [0.25, 0.3) is 0 Å². The quantitative estimate of drug-likeness (QED) is 0.737. The summed E-state index contributed by atoms with van der Waals surface area (Å²) in [5, 5.41) is 0. The maximum atomic E-state index is 5.82. The summed E-state index contributed by atoms with van der Waals surface area (Å²) in [5.41, 5.74) is 2.57. The number of quaternary nitrogens is 1. The molecule has 1 heterocycles. The van der Waals surface area contributed by atoms with Gasteiger partial charge in [-0.1, -0.05) is 19.9 Å². The van der Waals surface area contributed by atoms with Crippen LogP contribution in [0.15, 0.2) is 18.2 Å². The SMILES string of the molecule is Cc1cc(OCCOCC[NH+]2CCOCC2)cc(C(C)C)c1. The highest BCUT2D eigenvalue weighted by molar-refractivity contribution is 5.35. The van der Waals surface area contributed by atoms with Gasteiger partial charge in [0.1, 0.15) is 32.0 Å². The van der Waals surface area contributed by atoms with E-state index >= 15 is 0 Å². The summed E-state index contributed by atoms with van der Waals surface area (Å²) in [6.07, 6.45) is 0. The summed E-state index contributed by atoms with van der Waals surface area (Å²) in [4.78, 5) is 1.58. The molecule has 1 N–H and O–H groups in total. The zero-order valence-electron chi connectivity index (χ0n) is 14.2. The van der Waals surface area contributed by atoms with Gasteiger partial charge in [0.15, 0.2) is 0 Å². The Balaban J connectivity index is 1.62. The van der Waals surface area contributed by atoms with Gasteiger partial charge in [-0.05, 0) is 36.1 Å². The average molecular weight is 308 g/mol. The molecular formula is C18H30NO3+. The van der Waals surface area contributed by atoms with Crippen LogP contribution in [-0.4, -0.2) is 52.7 Å². The standard InChI is InChI=1S/C18H29NO3/c1-15(2)17-12-16(3)13-18(14-17)22-11-10-21-9-6-19-4-7-20-8-5-19/h12-15H,4-11H2,1-3H3/p+1. The molecule has 0 unspecified atom stereocenters. The number of hydrogen-bond acceptors (Lipinski definition) is 3. The first kappa shape index (κ1) is 17.3. The summed E-state index contributed by atoms with van der Waals surface area (Å²) in [5.74, 6) is 1.47. The molecule has 4 nitrogen and oxygen atoms in total. The fourth-order valence-corrected chi connectivity index (χ4v) is 2.64. The van der Waals surface area contributed by atoms with Gasteiger partial charge < -0.3 is 19.1 Å². The van der Waals surface area contributed by atoms with E-state index in [0.29, 0.717) is 19.1 Å². The van der Waals surface area contributed by atoms with E-state index in [9.17, 15) is 0 Å². The zero-order chi connectivity index (χ0) is 15.8. The fourth-order valence-electron chi connectivity index (χ4n) is 2.64. The van der Waals surface area contributed by atoms with Crippen LogP contribution in [0.3, 0.4) is 0 Å². The highest BCUT2D eigenvalue weighted by Gasteiger charge is 2.12. The van der Waals surface area contributed by atoms with Crippen molar-refractivity contribution in [3.8, 4) is 5.75 Å². The monoisotopic (exact) mass is 308 g/mol. The number of hydrogen-bond donors (Lipinski definition) is 1. The lowest BCUT2D eigenvalue weighted by molar-refractivity contribution is -0.908. The van der Waals surface area contributed by atoms with E-state index in [1.54, 1.807) is 4.90 Å². The molecular weight excluding hydrogens is 278 g/mol. The molecule has 0 amide bonds. The Bertz CT molecular complexity index is 442. The van der Waals surface area contributed by atoms with E-state index in [1.165, 1.54) is 11.1 Å². The molecule has 0 bridgehead atoms. The van der Waals surface area contributed by atoms with Gasteiger partial charge in [-0.25, -0.2) is 0 Å². The Kier molecular flexibility index (Phi) is 7.16. The Hall–Kier alpha value is -1.10. The van der Waals surface area contributed by atoms with Crippen LogP contribution >= 0.6 is 0 Å². The lowest BCUT2D eigenvalue weighted by Crippen LogP contribution is -3.14. The summed E-state index contributed by atoms with van der Waals surface area (Å²) in [6, 6.07) is 6.44. The second-order valence-corrected chi connectivity index (χ2v) is 6.31. The average Bonchev–Trinajstić information content (AvgIpc) is 2.51. The van der Waals surface area contributed by atoms with Gasteiger partial charge in [0.2, 0.25) is 0 Å². The normalized spacial score (nSPS) is 16.2. The van der Waals surface area contributed by atoms with Crippen molar-refractivity contribution < 1.29 is 19.1 Å². The second-order valence-electron chi connectivity index (χ2n) is 6.31. The van der Waals surface area contributed by atoms with Gasteiger partial charge in [-0.15, -0.1) is 0 Å². The summed E-state index contributed by atoms with van der Waals surface area (Å²) in [7, 11) is 0. The van der Waals surface area contributed by atoms with E-state index in [1.807, 2.05) is 0 Å². The first-order valence-electron chi connectivity index (χ1n) is 8.38. The number of benzene rings is 1. The largest absolute Gasteiger partial charge is 0.491 e. The molecule has 0 saturated carbocycles. The molecule has 1 aromatic rings. The Labute approximate surface area is 134 Å². The summed E-state index contributed by atoms with van der Waals surface area (Å²) >= 11 is 0. The molecule has 4 heteroatoms. The second kappa shape index (κ2) is 9.13. The first-order chi connectivity index (χ1) is 10.6. The van der Waals surface area contributed by atoms with E-state index in [4.69, 9.17) is 14.2 Å². The minimum Gasteiger partial charge on any atom is -0.491 e. The minimum atomic E-state index is 0.523. The van der Waals surface area contributed by atoms with Crippen molar-refractivity contribution in [1.82, 2.24) is 0 Å². The van der Waals surface area contributed by atoms with Crippen molar-refractivity contribution in [3.63, 3.8) is 0 Å². The maximum absolute atomic E-state index is 5.82. The zero-order valence-corrected chi connectivity index (χ0v) is 14.2. The van der Waals surface area contributed by atoms with Crippen LogP contribution in [0.2, 0.25) is 0 Å². The molecule has 1 aromatic carbocycles. The lowest BCUT2D eigenvalue weighted by atomic mass is 10.0. The topological polar surface area (TPSA) is 32.1 Å². The van der Waals surface area contributed by atoms with Crippen LogP contribution in [0, 0.1) is 6.92 Å². The van der Waals surface area contributed by atoms with Crippen molar-refractivity contribution in [3.05, 3.63) is 29.3 Å². The molecule has 0 aliphatic carbocycles. The van der Waals surface area contributed by atoms with E-state index in [0.717, 1.165) is 45.2 Å². The molecule has 1 fully saturated rings. The molecule has 1 aliphatic heterocycles. The number of rotatable bonds is 8. The molecule has 0 atom stereocenters. The Morgan fingerprint density at radius 2 is 1.86 bits per heavy atom. The molecule has 0 spiro atoms. The van der Waals surface area contributed by atoms with Crippen molar-refractivity contribution in [2.45, 2.75) is 26.7 Å². The smallest absolute Gasteiger partial charge is 0.119 e. The van der Waals surface area contributed by atoms with Crippen molar-refractivity contribution in [2.75, 3.05) is 52.7 Å². The van der Waals surface area contributed by atoms with E-state index < -0.39 is 0 Å². The van der Waals surface area contributed by atoms with Crippen molar-refractivity contribution in [1.29, 1.82) is 0 Å². The molecule has 22 heavy (non-hydrogen) atoms. The van der Waals surface area contributed by atoms with E-state index in [2.05, 4.69) is 39.0 Å². The predicted octanol–water partition coefficient (Wildman–Crippen LogP) is 1.43. The molecule has 1 aliphatic rings. The number of nitrogens with one attached hydrogen (secondary N) is 1. The summed E-state index contributed by atoms with van der Waals surface area (Å²) in [6.45, 7) is 13.6. The molecule has 1 saturated heterocycles. The van der Waals surface area contributed by atoms with Crippen LogP contribution in [0.4, 0.5) is 0 Å². The highest BCUT2D eigenvalue weighted by atomic mass is 16.5. The molecule has 0 aromatic heterocycles. The lowest BCUT2D eigenvalue weighted by Gasteiger charge is -2.23. The maximum Gasteiger partial charge on any atom is 0.119 e. The first-order valence-corrected chi connectivity index (χ1v) is 8.38. The minimum absolute atomic E-state index is 0.523. The highest BCUT2D eigenvalue weighted by Crippen LogP contribution is 2.22. The van der Waals surface area contributed by atoms with Crippen molar-refractivity contribution >= 4 is 0 Å². The van der Waals surface area contributed by atoms with Crippen LogP contribution in [0.5, 0.6) is 5.75 Å². The summed E-state index contributed by atoms with van der Waals surface area (Å²) < 4.78 is 16.8.